The lowest BCUT2D eigenvalue weighted by atomic mass is 10.1. The fourth-order valence-corrected chi connectivity index (χ4v) is 1.68. The van der Waals surface area contributed by atoms with Crippen molar-refractivity contribution in [3.8, 4) is 0 Å². The third kappa shape index (κ3) is 3.35. The summed E-state index contributed by atoms with van der Waals surface area (Å²) in [5.41, 5.74) is -4.95. The standard InChI is InChI=1S/C8H3F7O3S/c9-6-4(7(10,11)12)1-3(19(16,17)18)2-5(6)8(13,14)15/h1-2H,(H,16,17,18)/p-1. The summed E-state index contributed by atoms with van der Waals surface area (Å²) >= 11 is 0. The second kappa shape index (κ2) is 4.34. The number of benzene rings is 1. The van der Waals surface area contributed by atoms with Crippen LogP contribution in [0.15, 0.2) is 17.0 Å². The molecule has 0 fully saturated rings. The van der Waals surface area contributed by atoms with Crippen LogP contribution in [-0.4, -0.2) is 13.0 Å². The summed E-state index contributed by atoms with van der Waals surface area (Å²) in [6.45, 7) is 0. The van der Waals surface area contributed by atoms with Crippen molar-refractivity contribution in [1.82, 2.24) is 0 Å². The van der Waals surface area contributed by atoms with Crippen LogP contribution in [0.1, 0.15) is 11.1 Å². The number of hydrogen-bond donors (Lipinski definition) is 0. The zero-order chi connectivity index (χ0) is 15.2. The summed E-state index contributed by atoms with van der Waals surface area (Å²) in [5, 5.41) is 0. The van der Waals surface area contributed by atoms with Gasteiger partial charge in [-0.1, -0.05) is 0 Å². The molecule has 0 spiro atoms. The molecule has 0 unspecified atom stereocenters. The quantitative estimate of drug-likeness (QED) is 0.592. The molecule has 0 N–H and O–H groups in total. The summed E-state index contributed by atoms with van der Waals surface area (Å²) in [5.74, 6) is -2.69. The number of halogens is 7. The van der Waals surface area contributed by atoms with Crippen molar-refractivity contribution in [2.45, 2.75) is 17.2 Å². The summed E-state index contributed by atoms with van der Waals surface area (Å²) in [6, 6.07) is -0.959. The van der Waals surface area contributed by atoms with Crippen LogP contribution in [0.25, 0.3) is 0 Å². The molecular weight excluding hydrogens is 309 g/mol. The molecule has 0 aromatic heterocycles. The Kier molecular flexibility index (Phi) is 3.58. The Balaban J connectivity index is 3.78. The summed E-state index contributed by atoms with van der Waals surface area (Å²) in [6.07, 6.45) is -11.2. The predicted octanol–water partition coefficient (Wildman–Crippen LogP) is 2.77. The van der Waals surface area contributed by atoms with Gasteiger partial charge in [-0.2, -0.15) is 26.3 Å². The fourth-order valence-electron chi connectivity index (χ4n) is 1.15. The Morgan fingerprint density at radius 2 is 1.21 bits per heavy atom. The summed E-state index contributed by atoms with van der Waals surface area (Å²) in [4.78, 5) is -1.81. The molecule has 0 saturated heterocycles. The van der Waals surface area contributed by atoms with Gasteiger partial charge in [-0.05, 0) is 12.1 Å². The average Bonchev–Trinajstić information content (AvgIpc) is 2.11. The highest BCUT2D eigenvalue weighted by molar-refractivity contribution is 7.85. The normalized spacial score (nSPS) is 13.7. The van der Waals surface area contributed by atoms with Gasteiger partial charge in [0.15, 0.2) is 0 Å². The van der Waals surface area contributed by atoms with Crippen molar-refractivity contribution >= 4 is 10.1 Å². The third-order valence-electron chi connectivity index (χ3n) is 1.95. The zero-order valence-electron chi connectivity index (χ0n) is 8.43. The maximum Gasteiger partial charge on any atom is 0.419 e. The van der Waals surface area contributed by atoms with E-state index in [9.17, 15) is 43.7 Å². The van der Waals surface area contributed by atoms with Gasteiger partial charge in [-0.25, -0.2) is 12.8 Å². The average molecular weight is 311 g/mol. The van der Waals surface area contributed by atoms with Crippen molar-refractivity contribution < 1.29 is 43.7 Å². The molecule has 19 heavy (non-hydrogen) atoms. The van der Waals surface area contributed by atoms with E-state index in [1.54, 1.807) is 0 Å². The van der Waals surface area contributed by atoms with Crippen LogP contribution in [0, 0.1) is 5.82 Å². The minimum Gasteiger partial charge on any atom is -0.744 e. The van der Waals surface area contributed by atoms with Crippen molar-refractivity contribution in [2.75, 3.05) is 0 Å². The number of alkyl halides is 6. The molecule has 0 saturated carbocycles. The number of rotatable bonds is 1. The Hall–Kier alpha value is -1.36. The first-order valence-corrected chi connectivity index (χ1v) is 5.59. The van der Waals surface area contributed by atoms with E-state index in [2.05, 4.69) is 0 Å². The smallest absolute Gasteiger partial charge is 0.419 e. The topological polar surface area (TPSA) is 57.2 Å². The minimum absolute atomic E-state index is 0.479. The molecule has 1 aromatic rings. The lowest BCUT2D eigenvalue weighted by Crippen LogP contribution is -2.17. The first-order valence-electron chi connectivity index (χ1n) is 4.18. The van der Waals surface area contributed by atoms with Gasteiger partial charge in [0.1, 0.15) is 15.9 Å². The van der Waals surface area contributed by atoms with Crippen LogP contribution in [-0.2, 0) is 22.5 Å². The van der Waals surface area contributed by atoms with E-state index in [0.717, 1.165) is 0 Å². The maximum atomic E-state index is 13.1. The van der Waals surface area contributed by atoms with Gasteiger partial charge >= 0.3 is 12.4 Å². The van der Waals surface area contributed by atoms with Gasteiger partial charge in [0, 0.05) is 0 Å². The van der Waals surface area contributed by atoms with Crippen LogP contribution in [0.2, 0.25) is 0 Å². The van der Waals surface area contributed by atoms with E-state index in [1.165, 1.54) is 0 Å². The largest absolute Gasteiger partial charge is 0.744 e. The second-order valence-electron chi connectivity index (χ2n) is 3.28. The number of hydrogen-bond acceptors (Lipinski definition) is 3. The molecular formula is C8H2F7O3S-. The van der Waals surface area contributed by atoms with Gasteiger partial charge in [0.2, 0.25) is 0 Å². The molecule has 0 atom stereocenters. The third-order valence-corrected chi connectivity index (χ3v) is 2.76. The Labute approximate surface area is 101 Å². The molecule has 1 aromatic carbocycles. The van der Waals surface area contributed by atoms with E-state index in [1.807, 2.05) is 0 Å². The Morgan fingerprint density at radius 3 is 1.42 bits per heavy atom. The van der Waals surface area contributed by atoms with Crippen LogP contribution in [0.5, 0.6) is 0 Å². The maximum absolute atomic E-state index is 13.1. The highest BCUT2D eigenvalue weighted by atomic mass is 32.2. The van der Waals surface area contributed by atoms with Crippen molar-refractivity contribution in [1.29, 1.82) is 0 Å². The zero-order valence-corrected chi connectivity index (χ0v) is 9.25. The molecule has 0 bridgehead atoms. The highest BCUT2D eigenvalue weighted by Crippen LogP contribution is 2.39. The van der Waals surface area contributed by atoms with Crippen LogP contribution in [0.4, 0.5) is 30.7 Å². The SMILES string of the molecule is O=S(=O)([O-])c1cc(C(F)(F)F)c(F)c(C(F)(F)F)c1. The summed E-state index contributed by atoms with van der Waals surface area (Å²) < 4.78 is 118. The van der Waals surface area contributed by atoms with Crippen molar-refractivity contribution in [2.24, 2.45) is 0 Å². The molecule has 0 aliphatic carbocycles. The molecule has 0 heterocycles. The highest BCUT2D eigenvalue weighted by Gasteiger charge is 2.42. The van der Waals surface area contributed by atoms with E-state index in [0.29, 0.717) is 0 Å². The first-order chi connectivity index (χ1) is 8.24. The predicted molar refractivity (Wildman–Crippen MR) is 44.4 cm³/mol. The summed E-state index contributed by atoms with van der Waals surface area (Å²) in [7, 11) is -5.60. The molecule has 0 radical (unpaired) electrons. The Bertz CT molecular complexity index is 565. The minimum atomic E-state index is -5.60. The molecule has 108 valence electrons. The van der Waals surface area contributed by atoms with Crippen molar-refractivity contribution in [3.05, 3.63) is 29.1 Å². The fraction of sp³-hybridized carbons (Fsp3) is 0.250. The monoisotopic (exact) mass is 311 g/mol. The first kappa shape index (κ1) is 15.7. The van der Waals surface area contributed by atoms with Crippen LogP contribution < -0.4 is 0 Å². The van der Waals surface area contributed by atoms with Gasteiger partial charge < -0.3 is 4.55 Å². The van der Waals surface area contributed by atoms with E-state index < -0.39 is 56.4 Å². The van der Waals surface area contributed by atoms with Gasteiger partial charge in [0.25, 0.3) is 0 Å². The van der Waals surface area contributed by atoms with Crippen LogP contribution in [0.3, 0.4) is 0 Å². The van der Waals surface area contributed by atoms with E-state index >= 15 is 0 Å². The molecule has 11 heteroatoms. The van der Waals surface area contributed by atoms with Crippen LogP contribution >= 0.6 is 0 Å². The Morgan fingerprint density at radius 1 is 0.895 bits per heavy atom. The van der Waals surface area contributed by atoms with Gasteiger partial charge in [-0.3, -0.25) is 0 Å². The molecule has 0 amide bonds. The second-order valence-corrected chi connectivity index (χ2v) is 4.66. The molecule has 1 rings (SSSR count). The molecule has 3 nitrogen and oxygen atoms in total. The lowest BCUT2D eigenvalue weighted by molar-refractivity contribution is -0.148. The van der Waals surface area contributed by atoms with Gasteiger partial charge in [0.05, 0.1) is 16.0 Å². The lowest BCUT2D eigenvalue weighted by Gasteiger charge is -2.17. The molecule has 0 aliphatic rings. The van der Waals surface area contributed by atoms with E-state index in [-0.39, 0.29) is 0 Å². The van der Waals surface area contributed by atoms with Gasteiger partial charge in [-0.15, -0.1) is 0 Å². The van der Waals surface area contributed by atoms with Crippen molar-refractivity contribution in [3.63, 3.8) is 0 Å². The van der Waals surface area contributed by atoms with E-state index in [4.69, 9.17) is 0 Å². The molecule has 0 aliphatic heterocycles.